The van der Waals surface area contributed by atoms with E-state index < -0.39 is 0 Å². The fraction of sp³-hybridized carbons (Fsp3) is 0.500. The van der Waals surface area contributed by atoms with Gasteiger partial charge in [0.2, 0.25) is 5.91 Å². The maximum absolute atomic E-state index is 12.7. The molecule has 1 aromatic heterocycles. The summed E-state index contributed by atoms with van der Waals surface area (Å²) in [4.78, 5) is 23.2. The summed E-state index contributed by atoms with van der Waals surface area (Å²) in [7, 11) is 0. The third-order valence-electron chi connectivity index (χ3n) is 5.98. The maximum atomic E-state index is 12.7. The van der Waals surface area contributed by atoms with Gasteiger partial charge in [0, 0.05) is 37.5 Å². The Balaban J connectivity index is 0.00000289. The van der Waals surface area contributed by atoms with E-state index in [2.05, 4.69) is 59.8 Å². The highest BCUT2D eigenvalue weighted by molar-refractivity contribution is 14.0. The van der Waals surface area contributed by atoms with Crippen molar-refractivity contribution in [3.8, 4) is 0 Å². The van der Waals surface area contributed by atoms with Crippen LogP contribution in [0.1, 0.15) is 41.0 Å². The van der Waals surface area contributed by atoms with Crippen molar-refractivity contribution in [3.05, 3.63) is 57.3 Å². The highest BCUT2D eigenvalue weighted by Gasteiger charge is 2.25. The molecule has 6 nitrogen and oxygen atoms in total. The number of aryl methyl sites for hydroxylation is 1. The third-order valence-corrected chi connectivity index (χ3v) is 7.01. The SMILES string of the molecule is CCNC(=NCCC(=O)N1CCc2sccc2C1)N1CCOC(c2ccccc2C)C1.I. The zero-order valence-corrected chi connectivity index (χ0v) is 22.0. The first kappa shape index (κ1) is 25.0. The molecule has 1 N–H and O–H groups in total. The highest BCUT2D eigenvalue weighted by Crippen LogP contribution is 2.26. The first-order valence-electron chi connectivity index (χ1n) is 11.2. The Kier molecular flexibility index (Phi) is 9.36. The second kappa shape index (κ2) is 12.0. The number of carbonyl (C=O) groups excluding carboxylic acids is 1. The number of nitrogens with zero attached hydrogens (tertiary/aromatic N) is 3. The van der Waals surface area contributed by atoms with Crippen LogP contribution in [-0.2, 0) is 22.5 Å². The summed E-state index contributed by atoms with van der Waals surface area (Å²) in [5.74, 6) is 1.06. The first-order chi connectivity index (χ1) is 15.2. The van der Waals surface area contributed by atoms with E-state index in [9.17, 15) is 4.79 Å². The van der Waals surface area contributed by atoms with Crippen LogP contribution in [0.15, 0.2) is 40.7 Å². The molecular formula is C24H33IN4O2S. The van der Waals surface area contributed by atoms with Gasteiger partial charge in [-0.25, -0.2) is 0 Å². The zero-order valence-electron chi connectivity index (χ0n) is 18.9. The van der Waals surface area contributed by atoms with Gasteiger partial charge in [-0.3, -0.25) is 9.79 Å². The van der Waals surface area contributed by atoms with Gasteiger partial charge in [0.1, 0.15) is 6.10 Å². The smallest absolute Gasteiger partial charge is 0.224 e. The predicted molar refractivity (Wildman–Crippen MR) is 141 cm³/mol. The molecular weight excluding hydrogens is 535 g/mol. The van der Waals surface area contributed by atoms with Crippen LogP contribution in [0.2, 0.25) is 0 Å². The van der Waals surface area contributed by atoms with Crippen LogP contribution in [0.25, 0.3) is 0 Å². The molecule has 1 aromatic carbocycles. The summed E-state index contributed by atoms with van der Waals surface area (Å²) in [5, 5.41) is 5.52. The van der Waals surface area contributed by atoms with Gasteiger partial charge < -0.3 is 19.9 Å². The van der Waals surface area contributed by atoms with Crippen molar-refractivity contribution in [3.63, 3.8) is 0 Å². The van der Waals surface area contributed by atoms with Crippen LogP contribution in [0.4, 0.5) is 0 Å². The number of rotatable bonds is 5. The average molecular weight is 569 g/mol. The Labute approximate surface area is 212 Å². The molecule has 0 spiro atoms. The summed E-state index contributed by atoms with van der Waals surface area (Å²) in [6.07, 6.45) is 1.45. The van der Waals surface area contributed by atoms with Gasteiger partial charge in [-0.1, -0.05) is 24.3 Å². The molecule has 4 rings (SSSR count). The van der Waals surface area contributed by atoms with E-state index in [-0.39, 0.29) is 36.0 Å². The number of guanidine groups is 1. The highest BCUT2D eigenvalue weighted by atomic mass is 127. The number of aliphatic imine (C=N–C) groups is 1. The fourth-order valence-corrected chi connectivity index (χ4v) is 5.17. The monoisotopic (exact) mass is 568 g/mol. The maximum Gasteiger partial charge on any atom is 0.224 e. The van der Waals surface area contributed by atoms with Crippen molar-refractivity contribution >= 4 is 47.2 Å². The molecule has 32 heavy (non-hydrogen) atoms. The second-order valence-electron chi connectivity index (χ2n) is 8.08. The van der Waals surface area contributed by atoms with Gasteiger partial charge >= 0.3 is 0 Å². The lowest BCUT2D eigenvalue weighted by Gasteiger charge is -2.36. The largest absolute Gasteiger partial charge is 0.370 e. The number of hydrogen-bond acceptors (Lipinski definition) is 4. The number of ether oxygens (including phenoxy) is 1. The molecule has 1 fully saturated rings. The standard InChI is InChI=1S/C24H32N4O2S.HI/c1-3-25-24(28-13-14-30-21(17-28)20-7-5-4-6-18(20)2)26-11-8-23(29)27-12-9-22-19(16-27)10-15-31-22;/h4-7,10,15,21H,3,8-9,11-14,16-17H2,1-2H3,(H,25,26);1H. The van der Waals surface area contributed by atoms with Gasteiger partial charge in [-0.2, -0.15) is 0 Å². The fourth-order valence-electron chi connectivity index (χ4n) is 4.28. The van der Waals surface area contributed by atoms with E-state index in [1.807, 2.05) is 4.90 Å². The Morgan fingerprint density at radius 1 is 1.25 bits per heavy atom. The van der Waals surface area contributed by atoms with Gasteiger partial charge in [-0.05, 0) is 48.4 Å². The summed E-state index contributed by atoms with van der Waals surface area (Å²) in [6, 6.07) is 10.5. The molecule has 3 heterocycles. The number of nitrogens with one attached hydrogen (secondary N) is 1. The van der Waals surface area contributed by atoms with E-state index in [0.29, 0.717) is 19.6 Å². The van der Waals surface area contributed by atoms with Crippen LogP contribution in [0.3, 0.4) is 0 Å². The van der Waals surface area contributed by atoms with Gasteiger partial charge in [0.15, 0.2) is 5.96 Å². The van der Waals surface area contributed by atoms with Crippen LogP contribution in [-0.4, -0.2) is 61.0 Å². The third kappa shape index (κ3) is 6.02. The van der Waals surface area contributed by atoms with Crippen molar-refractivity contribution in [1.29, 1.82) is 0 Å². The number of hydrogen-bond donors (Lipinski definition) is 1. The number of thiophene rings is 1. The molecule has 8 heteroatoms. The van der Waals surface area contributed by atoms with Crippen molar-refractivity contribution in [2.75, 3.05) is 39.3 Å². The molecule has 1 unspecified atom stereocenters. The average Bonchev–Trinajstić information content (AvgIpc) is 3.27. The van der Waals surface area contributed by atoms with E-state index in [1.54, 1.807) is 11.3 Å². The van der Waals surface area contributed by atoms with Crippen molar-refractivity contribution in [1.82, 2.24) is 15.1 Å². The van der Waals surface area contributed by atoms with Gasteiger partial charge in [0.05, 0.1) is 19.7 Å². The minimum atomic E-state index is 0. The molecule has 0 bridgehead atoms. The molecule has 0 aliphatic carbocycles. The lowest BCUT2D eigenvalue weighted by molar-refractivity contribution is -0.131. The molecule has 2 aliphatic heterocycles. The molecule has 174 valence electrons. The van der Waals surface area contributed by atoms with Gasteiger partial charge in [0.25, 0.3) is 0 Å². The van der Waals surface area contributed by atoms with E-state index in [4.69, 9.17) is 9.73 Å². The van der Waals surface area contributed by atoms with Gasteiger partial charge in [-0.15, -0.1) is 35.3 Å². The number of amides is 1. The van der Waals surface area contributed by atoms with Crippen LogP contribution in [0.5, 0.6) is 0 Å². The number of benzene rings is 1. The van der Waals surface area contributed by atoms with Crippen molar-refractivity contribution in [2.24, 2.45) is 4.99 Å². The summed E-state index contributed by atoms with van der Waals surface area (Å²) < 4.78 is 6.06. The molecule has 1 amide bonds. The minimum absolute atomic E-state index is 0. The number of morpholine rings is 1. The van der Waals surface area contributed by atoms with Crippen molar-refractivity contribution in [2.45, 2.75) is 39.3 Å². The van der Waals surface area contributed by atoms with E-state index >= 15 is 0 Å². The lowest BCUT2D eigenvalue weighted by atomic mass is 10.0. The van der Waals surface area contributed by atoms with E-state index in [0.717, 1.165) is 45.1 Å². The molecule has 2 aliphatic rings. The topological polar surface area (TPSA) is 57.2 Å². The summed E-state index contributed by atoms with van der Waals surface area (Å²) in [6.45, 7) is 9.29. The summed E-state index contributed by atoms with van der Waals surface area (Å²) >= 11 is 1.80. The Morgan fingerprint density at radius 3 is 2.91 bits per heavy atom. The first-order valence-corrected chi connectivity index (χ1v) is 12.1. The predicted octanol–water partition coefficient (Wildman–Crippen LogP) is 3.99. The number of fused-ring (bicyclic) bond motifs is 1. The van der Waals surface area contributed by atoms with Crippen LogP contribution >= 0.6 is 35.3 Å². The second-order valence-corrected chi connectivity index (χ2v) is 9.08. The molecule has 0 radical (unpaired) electrons. The lowest BCUT2D eigenvalue weighted by Crippen LogP contribution is -2.48. The molecule has 1 atom stereocenters. The van der Waals surface area contributed by atoms with Crippen LogP contribution < -0.4 is 5.32 Å². The van der Waals surface area contributed by atoms with Crippen molar-refractivity contribution < 1.29 is 9.53 Å². The Morgan fingerprint density at radius 2 is 2.09 bits per heavy atom. The molecule has 0 saturated carbocycles. The summed E-state index contributed by atoms with van der Waals surface area (Å²) in [5.41, 5.74) is 3.78. The minimum Gasteiger partial charge on any atom is -0.370 e. The van der Waals surface area contributed by atoms with E-state index in [1.165, 1.54) is 21.6 Å². The molecule has 1 saturated heterocycles. The number of carbonyl (C=O) groups is 1. The van der Waals surface area contributed by atoms with Crippen LogP contribution in [0, 0.1) is 6.92 Å². The Bertz CT molecular complexity index is 932. The normalized spacial score (nSPS) is 18.7. The zero-order chi connectivity index (χ0) is 21.6. The quantitative estimate of drug-likeness (QED) is 0.337. The molecule has 2 aromatic rings. The Hall–Kier alpha value is -1.65. The number of halogens is 1.